The maximum absolute atomic E-state index is 13.4. The maximum atomic E-state index is 13.4. The second-order valence-corrected chi connectivity index (χ2v) is 10.8. The average Bonchev–Trinajstić information content (AvgIpc) is 3.24. The lowest BCUT2D eigenvalue weighted by Crippen LogP contribution is -2.49. The molecule has 1 aromatic carbocycles. The van der Waals surface area contributed by atoms with Gasteiger partial charge in [-0.1, -0.05) is 56.3 Å². The van der Waals surface area contributed by atoms with E-state index in [0.29, 0.717) is 5.16 Å². The monoisotopic (exact) mass is 434 g/mol. The summed E-state index contributed by atoms with van der Waals surface area (Å²) in [7, 11) is 3.29. The van der Waals surface area contributed by atoms with Gasteiger partial charge in [0, 0.05) is 11.1 Å². The third-order valence-electron chi connectivity index (χ3n) is 4.66. The molecule has 140 valence electrons. The van der Waals surface area contributed by atoms with E-state index in [2.05, 4.69) is 55.0 Å². The standard InChI is InChI=1S/C18H18N4OS4/c1-9-5-10(2)14-11(6-9)13-15(26-27-16(13)24)18(3,4)22(14)12(23)7-25-17-19-8-20-21-17/h5-6,8H,7H2,1-4H3,(H,19,20,21). The molecule has 1 aliphatic rings. The molecule has 0 aliphatic carbocycles. The number of benzene rings is 1. The van der Waals surface area contributed by atoms with Gasteiger partial charge in [0.2, 0.25) is 5.91 Å². The summed E-state index contributed by atoms with van der Waals surface area (Å²) in [6, 6.07) is 4.28. The minimum absolute atomic E-state index is 0.0459. The third-order valence-corrected chi connectivity index (χ3v) is 8.85. The lowest BCUT2D eigenvalue weighted by atomic mass is 9.85. The van der Waals surface area contributed by atoms with Crippen molar-refractivity contribution < 1.29 is 4.79 Å². The van der Waals surface area contributed by atoms with Crippen molar-refractivity contribution in [3.63, 3.8) is 0 Å². The van der Waals surface area contributed by atoms with Gasteiger partial charge in [0.05, 0.1) is 21.9 Å². The van der Waals surface area contributed by atoms with Crippen molar-refractivity contribution >= 4 is 56.3 Å². The van der Waals surface area contributed by atoms with E-state index in [1.807, 2.05) is 4.90 Å². The van der Waals surface area contributed by atoms with Crippen molar-refractivity contribution in [3.8, 4) is 11.1 Å². The molecule has 1 amide bonds. The molecule has 0 saturated carbocycles. The van der Waals surface area contributed by atoms with Gasteiger partial charge in [-0.2, -0.15) is 5.10 Å². The van der Waals surface area contributed by atoms with Gasteiger partial charge in [-0.15, -0.1) is 0 Å². The quantitative estimate of drug-likeness (QED) is 0.344. The first kappa shape index (κ1) is 18.8. The summed E-state index contributed by atoms with van der Waals surface area (Å²) in [5.41, 5.74) is 4.97. The molecule has 0 atom stereocenters. The Morgan fingerprint density at radius 3 is 2.81 bits per heavy atom. The number of H-pyrrole nitrogens is 1. The summed E-state index contributed by atoms with van der Waals surface area (Å²) < 4.78 is 0.900. The number of aromatic nitrogens is 3. The Hall–Kier alpha value is -1.55. The van der Waals surface area contributed by atoms with Gasteiger partial charge in [-0.3, -0.25) is 9.89 Å². The Labute approximate surface area is 174 Å². The number of nitrogens with one attached hydrogen (secondary N) is 1. The molecule has 1 N–H and O–H groups in total. The van der Waals surface area contributed by atoms with Crippen LogP contribution in [-0.4, -0.2) is 26.8 Å². The molecule has 0 bridgehead atoms. The highest BCUT2D eigenvalue weighted by Gasteiger charge is 2.43. The van der Waals surface area contributed by atoms with Crippen LogP contribution in [0.2, 0.25) is 0 Å². The van der Waals surface area contributed by atoms with E-state index < -0.39 is 5.54 Å². The molecule has 0 saturated heterocycles. The molecule has 2 aromatic heterocycles. The fourth-order valence-corrected chi connectivity index (χ4v) is 7.53. The van der Waals surface area contributed by atoms with E-state index in [1.54, 1.807) is 20.7 Å². The summed E-state index contributed by atoms with van der Waals surface area (Å²) in [6.07, 6.45) is 1.45. The van der Waals surface area contributed by atoms with Crippen LogP contribution >= 0.6 is 44.7 Å². The molecule has 1 aliphatic heterocycles. The van der Waals surface area contributed by atoms with Crippen LogP contribution in [0.5, 0.6) is 0 Å². The van der Waals surface area contributed by atoms with Gasteiger partial charge >= 0.3 is 0 Å². The highest BCUT2D eigenvalue weighted by molar-refractivity contribution is 7.99. The largest absolute Gasteiger partial charge is 0.300 e. The number of hydrogen-bond donors (Lipinski definition) is 1. The molecule has 0 fully saturated rings. The van der Waals surface area contributed by atoms with E-state index in [9.17, 15) is 4.79 Å². The zero-order valence-electron chi connectivity index (χ0n) is 15.3. The Bertz CT molecular complexity index is 1080. The number of rotatable bonds is 3. The maximum Gasteiger partial charge on any atom is 0.238 e. The Kier molecular flexibility index (Phi) is 4.74. The molecule has 0 spiro atoms. The zero-order chi connectivity index (χ0) is 19.3. The third kappa shape index (κ3) is 3.06. The zero-order valence-corrected chi connectivity index (χ0v) is 18.6. The normalized spacial score (nSPS) is 14.7. The number of thioether (sulfide) groups is 1. The fourth-order valence-electron chi connectivity index (χ4n) is 3.62. The van der Waals surface area contributed by atoms with Gasteiger partial charge in [0.15, 0.2) is 5.16 Å². The highest BCUT2D eigenvalue weighted by Crippen LogP contribution is 2.53. The average molecular weight is 435 g/mol. The van der Waals surface area contributed by atoms with Crippen LogP contribution in [0.25, 0.3) is 11.1 Å². The van der Waals surface area contributed by atoms with Crippen molar-refractivity contribution in [2.75, 3.05) is 10.7 Å². The van der Waals surface area contributed by atoms with Crippen molar-refractivity contribution in [3.05, 3.63) is 38.3 Å². The fraction of sp³-hybridized carbons (Fsp3) is 0.333. The summed E-state index contributed by atoms with van der Waals surface area (Å²) in [5, 5.41) is 7.28. The summed E-state index contributed by atoms with van der Waals surface area (Å²) in [4.78, 5) is 20.6. The van der Waals surface area contributed by atoms with Gasteiger partial charge in [-0.25, -0.2) is 4.98 Å². The van der Waals surface area contributed by atoms with E-state index in [1.165, 1.54) is 23.7 Å². The molecule has 5 nitrogen and oxygen atoms in total. The number of aromatic amines is 1. The Morgan fingerprint density at radius 1 is 1.33 bits per heavy atom. The second kappa shape index (κ2) is 6.80. The molecule has 3 heterocycles. The van der Waals surface area contributed by atoms with Crippen molar-refractivity contribution in [2.24, 2.45) is 0 Å². The van der Waals surface area contributed by atoms with Crippen LogP contribution in [0, 0.1) is 17.7 Å². The van der Waals surface area contributed by atoms with Crippen LogP contribution < -0.4 is 4.90 Å². The van der Waals surface area contributed by atoms with Crippen molar-refractivity contribution in [2.45, 2.75) is 38.4 Å². The smallest absolute Gasteiger partial charge is 0.238 e. The number of anilines is 1. The summed E-state index contributed by atoms with van der Waals surface area (Å²) in [6.45, 7) is 8.35. The number of amides is 1. The topological polar surface area (TPSA) is 61.9 Å². The molecule has 9 heteroatoms. The first-order valence-electron chi connectivity index (χ1n) is 8.37. The van der Waals surface area contributed by atoms with Gasteiger partial charge in [-0.05, 0) is 39.3 Å². The van der Waals surface area contributed by atoms with Crippen LogP contribution in [0.1, 0.15) is 29.9 Å². The van der Waals surface area contributed by atoms with Crippen LogP contribution in [0.15, 0.2) is 23.6 Å². The SMILES string of the molecule is Cc1cc(C)c2c(c1)-c1c(ssc1=S)C(C)(C)N2C(=O)CSc1ncn[nH]1. The number of carbonyl (C=O) groups is 1. The van der Waals surface area contributed by atoms with Crippen molar-refractivity contribution in [1.29, 1.82) is 0 Å². The molecule has 3 aromatic rings. The number of nitrogens with zero attached hydrogens (tertiary/aromatic N) is 3. The van der Waals surface area contributed by atoms with Gasteiger partial charge in [0.25, 0.3) is 0 Å². The number of hydrogen-bond acceptors (Lipinski definition) is 7. The molecular formula is C18H18N4OS4. The van der Waals surface area contributed by atoms with Crippen LogP contribution in [0.3, 0.4) is 0 Å². The number of carbonyl (C=O) groups excluding carboxylic acids is 1. The van der Waals surface area contributed by atoms with Crippen LogP contribution in [0.4, 0.5) is 5.69 Å². The van der Waals surface area contributed by atoms with Gasteiger partial charge in [0.1, 0.15) is 10.2 Å². The highest BCUT2D eigenvalue weighted by atomic mass is 32.9. The molecular weight excluding hydrogens is 416 g/mol. The lowest BCUT2D eigenvalue weighted by Gasteiger charge is -2.43. The van der Waals surface area contributed by atoms with E-state index in [0.717, 1.165) is 31.1 Å². The Morgan fingerprint density at radius 2 is 2.11 bits per heavy atom. The summed E-state index contributed by atoms with van der Waals surface area (Å²) in [5.74, 6) is 0.334. The molecule has 0 unspecified atom stereocenters. The summed E-state index contributed by atoms with van der Waals surface area (Å²) >= 11 is 7.01. The minimum Gasteiger partial charge on any atom is -0.300 e. The predicted octanol–water partition coefficient (Wildman–Crippen LogP) is 5.32. The molecule has 4 rings (SSSR count). The number of aryl methyl sites for hydroxylation is 2. The molecule has 0 radical (unpaired) electrons. The van der Waals surface area contributed by atoms with E-state index in [-0.39, 0.29) is 11.7 Å². The molecule has 27 heavy (non-hydrogen) atoms. The van der Waals surface area contributed by atoms with Crippen LogP contribution in [-0.2, 0) is 10.3 Å². The Balaban J connectivity index is 1.85. The van der Waals surface area contributed by atoms with E-state index >= 15 is 0 Å². The first-order valence-corrected chi connectivity index (χ1v) is 11.9. The first-order chi connectivity index (χ1) is 12.8. The van der Waals surface area contributed by atoms with E-state index in [4.69, 9.17) is 12.2 Å². The lowest BCUT2D eigenvalue weighted by molar-refractivity contribution is -0.117. The predicted molar refractivity (Wildman–Crippen MR) is 116 cm³/mol. The minimum atomic E-state index is -0.459. The number of fused-ring (bicyclic) bond motifs is 3. The van der Waals surface area contributed by atoms with Gasteiger partial charge < -0.3 is 4.90 Å². The van der Waals surface area contributed by atoms with Crippen molar-refractivity contribution in [1.82, 2.24) is 15.2 Å². The second-order valence-electron chi connectivity index (χ2n) is 7.00.